The minimum atomic E-state index is 0.406. The molecular formula is C11H15NO. The first-order valence-corrected chi connectivity index (χ1v) is 4.96. The van der Waals surface area contributed by atoms with Gasteiger partial charge in [-0.05, 0) is 31.4 Å². The highest BCUT2D eigenvalue weighted by molar-refractivity contribution is 5.04. The highest BCUT2D eigenvalue weighted by Gasteiger charge is 2.14. The van der Waals surface area contributed by atoms with Gasteiger partial charge in [-0.3, -0.25) is 4.98 Å². The van der Waals surface area contributed by atoms with E-state index in [1.807, 2.05) is 18.3 Å². The summed E-state index contributed by atoms with van der Waals surface area (Å²) < 4.78 is 5.64. The van der Waals surface area contributed by atoms with Gasteiger partial charge in [0.25, 0.3) is 0 Å². The van der Waals surface area contributed by atoms with Crippen molar-refractivity contribution in [1.29, 1.82) is 0 Å². The van der Waals surface area contributed by atoms with Crippen LogP contribution in [-0.4, -0.2) is 17.7 Å². The molecule has 0 N–H and O–H groups in total. The lowest BCUT2D eigenvalue weighted by Gasteiger charge is -2.21. The molecule has 1 aromatic heterocycles. The molecule has 1 atom stereocenters. The predicted octanol–water partition coefficient (Wildman–Crippen LogP) is 2.19. The summed E-state index contributed by atoms with van der Waals surface area (Å²) in [4.78, 5) is 4.29. The van der Waals surface area contributed by atoms with E-state index in [9.17, 15) is 0 Å². The fourth-order valence-electron chi connectivity index (χ4n) is 1.72. The van der Waals surface area contributed by atoms with Crippen molar-refractivity contribution in [3.05, 3.63) is 30.1 Å². The summed E-state index contributed by atoms with van der Waals surface area (Å²) in [6, 6.07) is 6.05. The van der Waals surface area contributed by atoms with Gasteiger partial charge in [0.2, 0.25) is 0 Å². The second-order valence-electron chi connectivity index (χ2n) is 3.51. The molecule has 0 saturated carbocycles. The number of hydrogen-bond donors (Lipinski definition) is 0. The molecule has 0 spiro atoms. The van der Waals surface area contributed by atoms with Crippen LogP contribution in [0.3, 0.4) is 0 Å². The molecule has 2 heteroatoms. The minimum Gasteiger partial charge on any atom is -0.378 e. The Hall–Kier alpha value is -0.890. The predicted molar refractivity (Wildman–Crippen MR) is 51.5 cm³/mol. The van der Waals surface area contributed by atoms with Crippen molar-refractivity contribution in [1.82, 2.24) is 4.98 Å². The molecule has 2 rings (SSSR count). The van der Waals surface area contributed by atoms with Gasteiger partial charge in [0.05, 0.1) is 6.10 Å². The minimum absolute atomic E-state index is 0.406. The van der Waals surface area contributed by atoms with Crippen molar-refractivity contribution in [2.45, 2.75) is 31.8 Å². The normalized spacial score (nSPS) is 22.9. The topological polar surface area (TPSA) is 22.1 Å². The number of pyridine rings is 1. The summed E-state index contributed by atoms with van der Waals surface area (Å²) in [5, 5.41) is 0. The van der Waals surface area contributed by atoms with Crippen LogP contribution in [0.2, 0.25) is 0 Å². The molecule has 1 fully saturated rings. The monoisotopic (exact) mass is 177 g/mol. The maximum Gasteiger partial charge on any atom is 0.0630 e. The number of aromatic nitrogens is 1. The van der Waals surface area contributed by atoms with Gasteiger partial charge in [-0.15, -0.1) is 0 Å². The van der Waals surface area contributed by atoms with Gasteiger partial charge in [-0.2, -0.15) is 0 Å². The van der Waals surface area contributed by atoms with E-state index in [1.165, 1.54) is 19.3 Å². The number of hydrogen-bond acceptors (Lipinski definition) is 2. The van der Waals surface area contributed by atoms with Crippen LogP contribution in [0.25, 0.3) is 0 Å². The lowest BCUT2D eigenvalue weighted by molar-refractivity contribution is 0.0162. The summed E-state index contributed by atoms with van der Waals surface area (Å²) in [6.07, 6.45) is 6.94. The second-order valence-corrected chi connectivity index (χ2v) is 3.51. The van der Waals surface area contributed by atoms with Gasteiger partial charge < -0.3 is 4.74 Å². The standard InChI is InChI=1S/C11H15NO/c1-3-7-12-10(5-1)9-11-6-2-4-8-13-11/h1,3,5,7,11H,2,4,6,8-9H2. The highest BCUT2D eigenvalue weighted by Crippen LogP contribution is 2.15. The molecule has 1 aliphatic heterocycles. The zero-order chi connectivity index (χ0) is 8.93. The Bertz CT molecular complexity index is 242. The van der Waals surface area contributed by atoms with Gasteiger partial charge in [-0.25, -0.2) is 0 Å². The van der Waals surface area contributed by atoms with E-state index < -0.39 is 0 Å². The fourth-order valence-corrected chi connectivity index (χ4v) is 1.72. The summed E-state index contributed by atoms with van der Waals surface area (Å²) in [5.41, 5.74) is 1.15. The molecule has 2 nitrogen and oxygen atoms in total. The lowest BCUT2D eigenvalue weighted by atomic mass is 10.0. The Labute approximate surface area is 78.9 Å². The summed E-state index contributed by atoms with van der Waals surface area (Å²) in [7, 11) is 0. The third-order valence-corrected chi connectivity index (χ3v) is 2.44. The van der Waals surface area contributed by atoms with E-state index in [2.05, 4.69) is 11.1 Å². The molecule has 70 valence electrons. The summed E-state index contributed by atoms with van der Waals surface area (Å²) in [6.45, 7) is 0.928. The maximum atomic E-state index is 5.64. The van der Waals surface area contributed by atoms with Gasteiger partial charge in [0, 0.05) is 24.9 Å². The smallest absolute Gasteiger partial charge is 0.0630 e. The second kappa shape index (κ2) is 4.38. The average molecular weight is 177 g/mol. The van der Waals surface area contributed by atoms with E-state index in [1.54, 1.807) is 0 Å². The SMILES string of the molecule is c1ccc(CC2CCCCO2)nc1. The maximum absolute atomic E-state index is 5.64. The Morgan fingerprint density at radius 2 is 2.38 bits per heavy atom. The van der Waals surface area contributed by atoms with E-state index in [-0.39, 0.29) is 0 Å². The largest absolute Gasteiger partial charge is 0.378 e. The fraction of sp³-hybridized carbons (Fsp3) is 0.545. The lowest BCUT2D eigenvalue weighted by Crippen LogP contribution is -2.21. The first kappa shape index (κ1) is 8.70. The molecular weight excluding hydrogens is 162 g/mol. The van der Waals surface area contributed by atoms with Gasteiger partial charge >= 0.3 is 0 Å². The van der Waals surface area contributed by atoms with Crippen molar-refractivity contribution in [3.8, 4) is 0 Å². The third-order valence-electron chi connectivity index (χ3n) is 2.44. The Morgan fingerprint density at radius 3 is 3.08 bits per heavy atom. The highest BCUT2D eigenvalue weighted by atomic mass is 16.5. The van der Waals surface area contributed by atoms with Crippen molar-refractivity contribution < 1.29 is 4.74 Å². The molecule has 13 heavy (non-hydrogen) atoms. The number of nitrogens with zero attached hydrogens (tertiary/aromatic N) is 1. The van der Waals surface area contributed by atoms with Crippen molar-refractivity contribution >= 4 is 0 Å². The van der Waals surface area contributed by atoms with Crippen molar-refractivity contribution in [2.75, 3.05) is 6.61 Å². The van der Waals surface area contributed by atoms with Crippen LogP contribution in [0.15, 0.2) is 24.4 Å². The number of ether oxygens (including phenoxy) is 1. The molecule has 0 amide bonds. The molecule has 1 aromatic rings. The van der Waals surface area contributed by atoms with Crippen LogP contribution in [0.1, 0.15) is 25.0 Å². The van der Waals surface area contributed by atoms with Crippen LogP contribution in [0.5, 0.6) is 0 Å². The first-order valence-electron chi connectivity index (χ1n) is 4.96. The van der Waals surface area contributed by atoms with Crippen LogP contribution < -0.4 is 0 Å². The zero-order valence-corrected chi connectivity index (χ0v) is 7.78. The van der Waals surface area contributed by atoms with Crippen molar-refractivity contribution in [3.63, 3.8) is 0 Å². The summed E-state index contributed by atoms with van der Waals surface area (Å²) >= 11 is 0. The molecule has 0 aliphatic carbocycles. The van der Waals surface area contributed by atoms with Crippen LogP contribution in [0, 0.1) is 0 Å². The molecule has 1 aliphatic rings. The Balaban J connectivity index is 1.90. The van der Waals surface area contributed by atoms with E-state index in [0.717, 1.165) is 18.7 Å². The molecule has 0 bridgehead atoms. The van der Waals surface area contributed by atoms with Crippen LogP contribution in [-0.2, 0) is 11.2 Å². The third kappa shape index (κ3) is 2.52. The zero-order valence-electron chi connectivity index (χ0n) is 7.78. The molecule has 1 saturated heterocycles. The van der Waals surface area contributed by atoms with Crippen LogP contribution >= 0.6 is 0 Å². The Kier molecular flexibility index (Phi) is 2.93. The van der Waals surface area contributed by atoms with Gasteiger partial charge in [-0.1, -0.05) is 6.07 Å². The van der Waals surface area contributed by atoms with Crippen LogP contribution in [0.4, 0.5) is 0 Å². The van der Waals surface area contributed by atoms with E-state index in [0.29, 0.717) is 6.10 Å². The van der Waals surface area contributed by atoms with Gasteiger partial charge in [0.1, 0.15) is 0 Å². The van der Waals surface area contributed by atoms with E-state index >= 15 is 0 Å². The average Bonchev–Trinajstić information content (AvgIpc) is 2.21. The van der Waals surface area contributed by atoms with Gasteiger partial charge in [0.15, 0.2) is 0 Å². The Morgan fingerprint density at radius 1 is 1.38 bits per heavy atom. The van der Waals surface area contributed by atoms with Crippen molar-refractivity contribution in [2.24, 2.45) is 0 Å². The first-order chi connectivity index (χ1) is 6.45. The quantitative estimate of drug-likeness (QED) is 0.691. The molecule has 2 heterocycles. The summed E-state index contributed by atoms with van der Waals surface area (Å²) in [5.74, 6) is 0. The molecule has 1 unspecified atom stereocenters. The molecule has 0 aromatic carbocycles. The molecule has 0 radical (unpaired) electrons. The number of rotatable bonds is 2. The van der Waals surface area contributed by atoms with E-state index in [4.69, 9.17) is 4.74 Å².